The van der Waals surface area contributed by atoms with Gasteiger partial charge >= 0.3 is 5.97 Å². The molecule has 1 aromatic heterocycles. The summed E-state index contributed by atoms with van der Waals surface area (Å²) >= 11 is 3.24. The zero-order valence-electron chi connectivity index (χ0n) is 8.60. The highest BCUT2D eigenvalue weighted by atomic mass is 79.9. The van der Waals surface area contributed by atoms with Gasteiger partial charge in [0, 0.05) is 11.8 Å². The number of carbonyl (C=O) groups is 1. The van der Waals surface area contributed by atoms with Crippen molar-refractivity contribution in [1.29, 1.82) is 0 Å². The van der Waals surface area contributed by atoms with Crippen LogP contribution in [0.15, 0.2) is 35.1 Å². The first-order valence-corrected chi connectivity index (χ1v) is 5.55. The number of nitrogens with zero attached hydrogens (tertiary/aromatic N) is 2. The molecule has 0 saturated heterocycles. The molecule has 0 aliphatic carbocycles. The summed E-state index contributed by atoms with van der Waals surface area (Å²) in [5.74, 6) is -1.69. The number of hydrogen-bond acceptors (Lipinski definition) is 2. The van der Waals surface area contributed by atoms with E-state index in [0.717, 1.165) is 10.5 Å². The van der Waals surface area contributed by atoms with Gasteiger partial charge in [-0.05, 0) is 28.1 Å². The predicted octanol–water partition coefficient (Wildman–Crippen LogP) is 2.53. The second-order valence-electron chi connectivity index (χ2n) is 3.47. The minimum atomic E-state index is -1.14. The van der Waals surface area contributed by atoms with Crippen molar-refractivity contribution in [2.24, 2.45) is 0 Å². The van der Waals surface area contributed by atoms with Gasteiger partial charge in [0.15, 0.2) is 0 Å². The van der Waals surface area contributed by atoms with Crippen molar-refractivity contribution >= 4 is 21.9 Å². The molecule has 0 aliphatic heterocycles. The minimum Gasteiger partial charge on any atom is -0.478 e. The molecule has 0 atom stereocenters. The van der Waals surface area contributed by atoms with Crippen LogP contribution in [0.5, 0.6) is 0 Å². The molecule has 0 spiro atoms. The zero-order chi connectivity index (χ0) is 12.4. The fourth-order valence-electron chi connectivity index (χ4n) is 1.41. The number of benzene rings is 1. The third kappa shape index (κ3) is 2.71. The molecule has 1 N–H and O–H groups in total. The third-order valence-corrected chi connectivity index (χ3v) is 2.64. The molecular formula is C11H8BrFN2O2. The molecule has 2 rings (SSSR count). The summed E-state index contributed by atoms with van der Waals surface area (Å²) < 4.78 is 16.0. The summed E-state index contributed by atoms with van der Waals surface area (Å²) in [5, 5.41) is 12.7. The quantitative estimate of drug-likeness (QED) is 0.947. The van der Waals surface area contributed by atoms with E-state index in [-0.39, 0.29) is 12.1 Å². The Balaban J connectivity index is 2.25. The van der Waals surface area contributed by atoms with Crippen molar-refractivity contribution in [3.63, 3.8) is 0 Å². The van der Waals surface area contributed by atoms with Gasteiger partial charge in [0.25, 0.3) is 0 Å². The Bertz CT molecular complexity index is 568. The van der Waals surface area contributed by atoms with Gasteiger partial charge in [-0.15, -0.1) is 0 Å². The Hall–Kier alpha value is -1.69. The van der Waals surface area contributed by atoms with Crippen LogP contribution in [0.25, 0.3) is 0 Å². The van der Waals surface area contributed by atoms with E-state index in [9.17, 15) is 9.18 Å². The van der Waals surface area contributed by atoms with Gasteiger partial charge in [-0.1, -0.05) is 6.07 Å². The van der Waals surface area contributed by atoms with Crippen LogP contribution in [-0.4, -0.2) is 20.9 Å². The molecule has 88 valence electrons. The molecule has 1 aromatic carbocycles. The van der Waals surface area contributed by atoms with E-state index in [1.165, 1.54) is 12.1 Å². The fraction of sp³-hybridized carbons (Fsp3) is 0.0909. The monoisotopic (exact) mass is 298 g/mol. The first-order valence-electron chi connectivity index (χ1n) is 4.76. The first kappa shape index (κ1) is 11.8. The molecule has 0 amide bonds. The van der Waals surface area contributed by atoms with Crippen molar-refractivity contribution in [3.8, 4) is 0 Å². The lowest BCUT2D eigenvalue weighted by Gasteiger charge is -2.04. The number of aromatic carboxylic acids is 1. The van der Waals surface area contributed by atoms with Crippen molar-refractivity contribution in [3.05, 3.63) is 52.0 Å². The lowest BCUT2D eigenvalue weighted by molar-refractivity contribution is 0.0696. The Morgan fingerprint density at radius 3 is 2.82 bits per heavy atom. The van der Waals surface area contributed by atoms with Gasteiger partial charge < -0.3 is 5.11 Å². The Morgan fingerprint density at radius 2 is 2.29 bits per heavy atom. The van der Waals surface area contributed by atoms with E-state index in [1.807, 2.05) is 0 Å². The number of carboxylic acids is 1. The normalized spacial score (nSPS) is 10.5. The molecule has 0 aliphatic rings. The van der Waals surface area contributed by atoms with Gasteiger partial charge in [0.1, 0.15) is 5.82 Å². The van der Waals surface area contributed by atoms with E-state index in [2.05, 4.69) is 21.0 Å². The molecule has 0 unspecified atom stereocenters. The first-order chi connectivity index (χ1) is 8.06. The second kappa shape index (κ2) is 4.67. The van der Waals surface area contributed by atoms with Crippen LogP contribution in [0.2, 0.25) is 0 Å². The molecule has 17 heavy (non-hydrogen) atoms. The maximum Gasteiger partial charge on any atom is 0.335 e. The van der Waals surface area contributed by atoms with Crippen molar-refractivity contribution in [2.45, 2.75) is 6.54 Å². The highest BCUT2D eigenvalue weighted by Crippen LogP contribution is 2.13. The molecule has 4 nitrogen and oxygen atoms in total. The highest BCUT2D eigenvalue weighted by Gasteiger charge is 2.09. The van der Waals surface area contributed by atoms with Crippen molar-refractivity contribution in [1.82, 2.24) is 9.78 Å². The van der Waals surface area contributed by atoms with Gasteiger partial charge in [0.05, 0.1) is 22.8 Å². The number of rotatable bonds is 3. The lowest BCUT2D eigenvalue weighted by Crippen LogP contribution is -2.04. The van der Waals surface area contributed by atoms with E-state index in [1.54, 1.807) is 17.1 Å². The molecule has 2 aromatic rings. The van der Waals surface area contributed by atoms with Gasteiger partial charge in [-0.2, -0.15) is 5.10 Å². The number of carboxylic acid groups (broad SMARTS) is 1. The average molecular weight is 299 g/mol. The third-order valence-electron chi connectivity index (χ3n) is 2.23. The smallest absolute Gasteiger partial charge is 0.335 e. The maximum atomic E-state index is 13.6. The second-order valence-corrected chi connectivity index (χ2v) is 4.38. The van der Waals surface area contributed by atoms with Crippen LogP contribution >= 0.6 is 15.9 Å². The summed E-state index contributed by atoms with van der Waals surface area (Å²) in [6, 6.07) is 3.84. The number of hydrogen-bond donors (Lipinski definition) is 1. The SMILES string of the molecule is O=C(O)c1ccc(Cn2cc(Br)cn2)c(F)c1. The Kier molecular flexibility index (Phi) is 3.23. The van der Waals surface area contributed by atoms with E-state index in [4.69, 9.17) is 5.11 Å². The fourth-order valence-corrected chi connectivity index (χ4v) is 1.74. The van der Waals surface area contributed by atoms with E-state index in [0.29, 0.717) is 5.56 Å². The summed E-state index contributed by atoms with van der Waals surface area (Å²) in [5.41, 5.74) is 0.332. The molecule has 0 fully saturated rings. The van der Waals surface area contributed by atoms with Crippen LogP contribution in [-0.2, 0) is 6.54 Å². The molecular weight excluding hydrogens is 291 g/mol. The molecule has 0 radical (unpaired) electrons. The van der Waals surface area contributed by atoms with Gasteiger partial charge in [0.2, 0.25) is 0 Å². The zero-order valence-corrected chi connectivity index (χ0v) is 10.2. The minimum absolute atomic E-state index is 0.0621. The number of aromatic nitrogens is 2. The molecule has 6 heteroatoms. The summed E-state index contributed by atoms with van der Waals surface area (Å²) in [7, 11) is 0. The van der Waals surface area contributed by atoms with Crippen LogP contribution in [0.1, 0.15) is 15.9 Å². The van der Waals surface area contributed by atoms with Crippen LogP contribution in [0, 0.1) is 5.82 Å². The van der Waals surface area contributed by atoms with Gasteiger partial charge in [-0.25, -0.2) is 9.18 Å². The maximum absolute atomic E-state index is 13.6. The van der Waals surface area contributed by atoms with Crippen LogP contribution < -0.4 is 0 Å². The predicted molar refractivity (Wildman–Crippen MR) is 62.4 cm³/mol. The van der Waals surface area contributed by atoms with Crippen LogP contribution in [0.3, 0.4) is 0 Å². The Morgan fingerprint density at radius 1 is 1.53 bits per heavy atom. The lowest BCUT2D eigenvalue weighted by atomic mass is 10.1. The van der Waals surface area contributed by atoms with E-state index >= 15 is 0 Å². The van der Waals surface area contributed by atoms with Crippen molar-refractivity contribution < 1.29 is 14.3 Å². The molecule has 0 bridgehead atoms. The summed E-state index contributed by atoms with van der Waals surface area (Å²) in [4.78, 5) is 10.6. The topological polar surface area (TPSA) is 55.1 Å². The molecule has 1 heterocycles. The standard InChI is InChI=1S/C11H8BrFN2O2/c12-9-4-14-15(6-9)5-8-2-1-7(11(16)17)3-10(8)13/h1-4,6H,5H2,(H,16,17). The Labute approximate surface area is 105 Å². The largest absolute Gasteiger partial charge is 0.478 e. The van der Waals surface area contributed by atoms with Gasteiger partial charge in [-0.3, -0.25) is 4.68 Å². The average Bonchev–Trinajstić information content (AvgIpc) is 2.67. The van der Waals surface area contributed by atoms with Crippen LogP contribution in [0.4, 0.5) is 4.39 Å². The highest BCUT2D eigenvalue weighted by molar-refractivity contribution is 9.10. The summed E-state index contributed by atoms with van der Waals surface area (Å²) in [6.07, 6.45) is 3.31. The molecule has 0 saturated carbocycles. The summed E-state index contributed by atoms with van der Waals surface area (Å²) in [6.45, 7) is 0.261. The number of halogens is 2. The van der Waals surface area contributed by atoms with E-state index < -0.39 is 11.8 Å². The van der Waals surface area contributed by atoms with Crippen molar-refractivity contribution in [2.75, 3.05) is 0 Å².